The molecule has 0 amide bonds. The molecule has 1 fully saturated rings. The van der Waals surface area contributed by atoms with Crippen LogP contribution in [0.15, 0.2) is 42.7 Å². The zero-order valence-corrected chi connectivity index (χ0v) is 10.9. The molecule has 0 saturated carbocycles. The van der Waals surface area contributed by atoms with Gasteiger partial charge in [-0.25, -0.2) is 0 Å². The first kappa shape index (κ1) is 13.2. The Bertz CT molecular complexity index is 559. The van der Waals surface area contributed by atoms with E-state index in [1.807, 2.05) is 30.3 Å². The molecule has 0 bridgehead atoms. The predicted octanol–water partition coefficient (Wildman–Crippen LogP) is 1.33. The largest absolute Gasteiger partial charge is 0.394 e. The second kappa shape index (κ2) is 5.66. The zero-order chi connectivity index (χ0) is 13.9. The van der Waals surface area contributed by atoms with Crippen molar-refractivity contribution in [1.29, 1.82) is 0 Å². The third-order valence-corrected chi connectivity index (χ3v) is 3.49. The Morgan fingerprint density at radius 2 is 2.00 bits per heavy atom. The molecule has 5 nitrogen and oxygen atoms in total. The van der Waals surface area contributed by atoms with Crippen molar-refractivity contribution in [3.63, 3.8) is 0 Å². The molecule has 1 saturated heterocycles. The van der Waals surface area contributed by atoms with Crippen LogP contribution >= 0.6 is 0 Å². The van der Waals surface area contributed by atoms with E-state index < -0.39 is 12.2 Å². The molecule has 0 spiro atoms. The van der Waals surface area contributed by atoms with Crippen LogP contribution in [-0.2, 0) is 4.74 Å². The van der Waals surface area contributed by atoms with Gasteiger partial charge < -0.3 is 14.9 Å². The van der Waals surface area contributed by atoms with E-state index in [4.69, 9.17) is 9.84 Å². The highest BCUT2D eigenvalue weighted by Gasteiger charge is 2.34. The number of aliphatic hydroxyl groups is 2. The lowest BCUT2D eigenvalue weighted by Crippen LogP contribution is -2.24. The van der Waals surface area contributed by atoms with Crippen molar-refractivity contribution in [3.8, 4) is 11.4 Å². The zero-order valence-electron chi connectivity index (χ0n) is 10.9. The fourth-order valence-corrected chi connectivity index (χ4v) is 2.37. The van der Waals surface area contributed by atoms with Crippen molar-refractivity contribution in [2.24, 2.45) is 0 Å². The van der Waals surface area contributed by atoms with E-state index in [-0.39, 0.29) is 12.7 Å². The van der Waals surface area contributed by atoms with Gasteiger partial charge >= 0.3 is 0 Å². The number of pyridine rings is 2. The molecular weight excluding hydrogens is 256 g/mol. The number of aliphatic hydroxyl groups excluding tert-OH is 2. The van der Waals surface area contributed by atoms with Crippen LogP contribution in [0.25, 0.3) is 11.4 Å². The fraction of sp³-hybridized carbons (Fsp3) is 0.333. The Morgan fingerprint density at radius 1 is 1.15 bits per heavy atom. The first-order valence-electron chi connectivity index (χ1n) is 6.59. The number of rotatable bonds is 3. The molecule has 2 aromatic rings. The Morgan fingerprint density at radius 3 is 2.60 bits per heavy atom. The smallest absolute Gasteiger partial charge is 0.107 e. The van der Waals surface area contributed by atoms with Crippen LogP contribution in [0.1, 0.15) is 18.1 Å². The Balaban J connectivity index is 1.77. The summed E-state index contributed by atoms with van der Waals surface area (Å²) >= 11 is 0. The summed E-state index contributed by atoms with van der Waals surface area (Å²) in [4.78, 5) is 8.63. The average Bonchev–Trinajstić information content (AvgIpc) is 2.89. The third-order valence-electron chi connectivity index (χ3n) is 3.49. The highest BCUT2D eigenvalue weighted by Crippen LogP contribution is 2.32. The van der Waals surface area contributed by atoms with E-state index in [9.17, 15) is 5.11 Å². The summed E-state index contributed by atoms with van der Waals surface area (Å²) in [5.74, 6) is 0. The molecule has 3 heterocycles. The molecule has 0 aliphatic carbocycles. The maximum absolute atomic E-state index is 9.74. The van der Waals surface area contributed by atoms with Crippen molar-refractivity contribution in [1.82, 2.24) is 9.97 Å². The van der Waals surface area contributed by atoms with Crippen LogP contribution in [0, 0.1) is 0 Å². The Hall–Kier alpha value is -1.82. The Labute approximate surface area is 116 Å². The van der Waals surface area contributed by atoms with Gasteiger partial charge in [0.25, 0.3) is 0 Å². The SMILES string of the molecule is OCC1O[C@@H](c2ccc(-c3ccccn3)nc2)C[C@H]1O. The molecule has 3 rings (SSSR count). The second-order valence-corrected chi connectivity index (χ2v) is 4.84. The van der Waals surface area contributed by atoms with E-state index in [1.54, 1.807) is 12.4 Å². The summed E-state index contributed by atoms with van der Waals surface area (Å²) in [6.45, 7) is -0.170. The molecular formula is C15H16N2O3. The summed E-state index contributed by atoms with van der Waals surface area (Å²) in [6.07, 6.45) is 2.60. The van der Waals surface area contributed by atoms with E-state index in [0.717, 1.165) is 17.0 Å². The van der Waals surface area contributed by atoms with Crippen molar-refractivity contribution in [3.05, 3.63) is 48.3 Å². The van der Waals surface area contributed by atoms with Crippen LogP contribution in [-0.4, -0.2) is 39.0 Å². The van der Waals surface area contributed by atoms with E-state index in [1.165, 1.54) is 0 Å². The number of hydrogen-bond donors (Lipinski definition) is 2. The molecule has 1 aliphatic heterocycles. The van der Waals surface area contributed by atoms with Crippen LogP contribution in [0.4, 0.5) is 0 Å². The Kier molecular flexibility index (Phi) is 3.73. The molecule has 2 N–H and O–H groups in total. The van der Waals surface area contributed by atoms with Gasteiger partial charge in [-0.2, -0.15) is 0 Å². The number of ether oxygens (including phenoxy) is 1. The molecule has 20 heavy (non-hydrogen) atoms. The van der Waals surface area contributed by atoms with Gasteiger partial charge in [0.15, 0.2) is 0 Å². The maximum Gasteiger partial charge on any atom is 0.107 e. The van der Waals surface area contributed by atoms with Gasteiger partial charge in [0.05, 0.1) is 30.2 Å². The van der Waals surface area contributed by atoms with Crippen molar-refractivity contribution in [2.75, 3.05) is 6.61 Å². The monoisotopic (exact) mass is 272 g/mol. The van der Waals surface area contributed by atoms with Gasteiger partial charge in [-0.1, -0.05) is 12.1 Å². The second-order valence-electron chi connectivity index (χ2n) is 4.84. The lowest BCUT2D eigenvalue weighted by molar-refractivity contribution is -0.0226. The molecule has 1 aliphatic rings. The lowest BCUT2D eigenvalue weighted by Gasteiger charge is -2.12. The van der Waals surface area contributed by atoms with Gasteiger partial charge in [0.1, 0.15) is 6.10 Å². The van der Waals surface area contributed by atoms with Crippen LogP contribution < -0.4 is 0 Å². The third kappa shape index (κ3) is 2.56. The average molecular weight is 272 g/mol. The van der Waals surface area contributed by atoms with Crippen molar-refractivity contribution >= 4 is 0 Å². The molecule has 104 valence electrons. The molecule has 3 atom stereocenters. The number of hydrogen-bond acceptors (Lipinski definition) is 5. The maximum atomic E-state index is 9.74. The van der Waals surface area contributed by atoms with E-state index >= 15 is 0 Å². The van der Waals surface area contributed by atoms with Crippen LogP contribution in [0.2, 0.25) is 0 Å². The summed E-state index contributed by atoms with van der Waals surface area (Å²) in [5.41, 5.74) is 2.52. The summed E-state index contributed by atoms with van der Waals surface area (Å²) in [7, 11) is 0. The van der Waals surface area contributed by atoms with Gasteiger partial charge in [-0.3, -0.25) is 9.97 Å². The highest BCUT2D eigenvalue weighted by molar-refractivity contribution is 5.53. The van der Waals surface area contributed by atoms with E-state index in [2.05, 4.69) is 9.97 Å². The topological polar surface area (TPSA) is 75.5 Å². The minimum atomic E-state index is -0.625. The first-order valence-corrected chi connectivity index (χ1v) is 6.59. The molecule has 5 heteroatoms. The minimum Gasteiger partial charge on any atom is -0.394 e. The first-order chi connectivity index (χ1) is 9.78. The summed E-state index contributed by atoms with van der Waals surface area (Å²) in [5, 5.41) is 18.8. The summed E-state index contributed by atoms with van der Waals surface area (Å²) < 4.78 is 5.60. The molecule has 2 aromatic heterocycles. The van der Waals surface area contributed by atoms with Gasteiger partial charge in [-0.15, -0.1) is 0 Å². The number of nitrogens with zero attached hydrogens (tertiary/aromatic N) is 2. The van der Waals surface area contributed by atoms with E-state index in [0.29, 0.717) is 6.42 Å². The van der Waals surface area contributed by atoms with Gasteiger partial charge in [0.2, 0.25) is 0 Å². The van der Waals surface area contributed by atoms with Crippen molar-refractivity contribution < 1.29 is 14.9 Å². The predicted molar refractivity (Wildman–Crippen MR) is 72.8 cm³/mol. The minimum absolute atomic E-state index is 0.170. The van der Waals surface area contributed by atoms with Crippen LogP contribution in [0.3, 0.4) is 0 Å². The molecule has 0 radical (unpaired) electrons. The summed E-state index contributed by atoms with van der Waals surface area (Å²) in [6, 6.07) is 9.49. The van der Waals surface area contributed by atoms with Gasteiger partial charge in [0, 0.05) is 18.8 Å². The van der Waals surface area contributed by atoms with Gasteiger partial charge in [-0.05, 0) is 23.8 Å². The lowest BCUT2D eigenvalue weighted by atomic mass is 10.1. The quantitative estimate of drug-likeness (QED) is 0.881. The molecule has 0 aromatic carbocycles. The van der Waals surface area contributed by atoms with Crippen LogP contribution in [0.5, 0.6) is 0 Å². The molecule has 1 unspecified atom stereocenters. The fourth-order valence-electron chi connectivity index (χ4n) is 2.37. The van der Waals surface area contributed by atoms with Crippen molar-refractivity contribution in [2.45, 2.75) is 24.7 Å². The normalized spacial score (nSPS) is 25.8. The standard InChI is InChI=1S/C15H16N2O3/c18-9-15-13(19)7-14(20-15)10-4-5-12(17-8-10)11-3-1-2-6-16-11/h1-6,8,13-15,18-19H,7,9H2/t13-,14-,15?/m1/s1. The highest BCUT2D eigenvalue weighted by atomic mass is 16.5. The number of aromatic nitrogens is 2.